The molecule has 2 aliphatic rings. The molecule has 0 saturated heterocycles. The normalized spacial score (nSPS) is 22.8. The van der Waals surface area contributed by atoms with Crippen LogP contribution in [-0.2, 0) is 0 Å². The average molecular weight is 213 g/mol. The lowest BCUT2D eigenvalue weighted by Gasteiger charge is -2.26. The van der Waals surface area contributed by atoms with E-state index in [1.165, 1.54) is 11.3 Å². The van der Waals surface area contributed by atoms with Crippen molar-refractivity contribution in [3.63, 3.8) is 0 Å². The lowest BCUT2D eigenvalue weighted by atomic mass is 9.92. The first kappa shape index (κ1) is 11.0. The third-order valence-electron chi connectivity index (χ3n) is 2.89. The van der Waals surface area contributed by atoms with Crippen LogP contribution in [0.2, 0.25) is 0 Å². The minimum absolute atomic E-state index is 0.178. The largest absolute Gasteiger partial charge is 0.324 e. The molecule has 0 aromatic carbocycles. The van der Waals surface area contributed by atoms with Gasteiger partial charge in [-0.1, -0.05) is 43.7 Å². The summed E-state index contributed by atoms with van der Waals surface area (Å²) in [5.74, 6) is 0. The van der Waals surface area contributed by atoms with Gasteiger partial charge in [0.1, 0.15) is 0 Å². The molecule has 1 nitrogen and oxygen atoms in total. The fraction of sp³-hybridized carbons (Fsp3) is 0.333. The standard InChI is InChI=1S/C15H19N/c1-13-5-4-6-14(8-7-13)16-11-9-15(2,3)10-12-16/h4,6-12H,5H2,1-3H3. The minimum Gasteiger partial charge on any atom is -0.324 e. The number of allylic oxidation sites excluding steroid dienone is 7. The summed E-state index contributed by atoms with van der Waals surface area (Å²) in [6.07, 6.45) is 18.5. The van der Waals surface area contributed by atoms with Crippen LogP contribution in [0.3, 0.4) is 0 Å². The highest BCUT2D eigenvalue weighted by Crippen LogP contribution is 2.26. The van der Waals surface area contributed by atoms with Crippen LogP contribution in [0.5, 0.6) is 0 Å². The highest BCUT2D eigenvalue weighted by Gasteiger charge is 2.14. The first-order valence-corrected chi connectivity index (χ1v) is 5.78. The van der Waals surface area contributed by atoms with Gasteiger partial charge in [-0.05, 0) is 25.5 Å². The molecule has 0 fully saturated rings. The van der Waals surface area contributed by atoms with Crippen LogP contribution in [0.15, 0.2) is 60.1 Å². The third-order valence-corrected chi connectivity index (χ3v) is 2.89. The van der Waals surface area contributed by atoms with Gasteiger partial charge in [-0.3, -0.25) is 0 Å². The van der Waals surface area contributed by atoms with Gasteiger partial charge in [-0.15, -0.1) is 0 Å². The third kappa shape index (κ3) is 2.54. The van der Waals surface area contributed by atoms with Gasteiger partial charge in [-0.2, -0.15) is 0 Å². The Morgan fingerprint density at radius 2 is 1.81 bits per heavy atom. The topological polar surface area (TPSA) is 3.24 Å². The van der Waals surface area contributed by atoms with Crippen LogP contribution in [0, 0.1) is 5.41 Å². The zero-order valence-corrected chi connectivity index (χ0v) is 10.3. The quantitative estimate of drug-likeness (QED) is 0.632. The second kappa shape index (κ2) is 4.17. The van der Waals surface area contributed by atoms with E-state index in [-0.39, 0.29) is 5.41 Å². The van der Waals surface area contributed by atoms with E-state index in [0.717, 1.165) is 6.42 Å². The summed E-state index contributed by atoms with van der Waals surface area (Å²) in [5.41, 5.74) is 2.80. The molecule has 1 heteroatoms. The molecule has 0 aromatic heterocycles. The van der Waals surface area contributed by atoms with Crippen molar-refractivity contribution in [2.45, 2.75) is 27.2 Å². The van der Waals surface area contributed by atoms with Gasteiger partial charge in [0, 0.05) is 23.5 Å². The molecule has 0 amide bonds. The molecular formula is C15H19N. The highest BCUT2D eigenvalue weighted by atomic mass is 15.1. The zero-order valence-electron chi connectivity index (χ0n) is 10.3. The van der Waals surface area contributed by atoms with E-state index in [4.69, 9.17) is 0 Å². The van der Waals surface area contributed by atoms with Gasteiger partial charge in [-0.25, -0.2) is 0 Å². The molecular weight excluding hydrogens is 194 g/mol. The average Bonchev–Trinajstić information content (AvgIpc) is 2.43. The molecule has 0 spiro atoms. The lowest BCUT2D eigenvalue weighted by molar-refractivity contribution is 0.540. The van der Waals surface area contributed by atoms with Gasteiger partial charge in [0.15, 0.2) is 0 Å². The van der Waals surface area contributed by atoms with Gasteiger partial charge < -0.3 is 4.90 Å². The molecule has 16 heavy (non-hydrogen) atoms. The van der Waals surface area contributed by atoms with E-state index in [9.17, 15) is 0 Å². The summed E-state index contributed by atoms with van der Waals surface area (Å²) in [5, 5.41) is 0. The van der Waals surface area contributed by atoms with E-state index < -0.39 is 0 Å². The molecule has 0 N–H and O–H groups in total. The van der Waals surface area contributed by atoms with E-state index in [1.807, 2.05) is 0 Å². The maximum absolute atomic E-state index is 2.23. The summed E-state index contributed by atoms with van der Waals surface area (Å²) < 4.78 is 0. The Balaban J connectivity index is 2.19. The Hall–Kier alpha value is -1.50. The van der Waals surface area contributed by atoms with Crippen molar-refractivity contribution in [3.05, 3.63) is 60.1 Å². The van der Waals surface area contributed by atoms with Gasteiger partial charge >= 0.3 is 0 Å². The van der Waals surface area contributed by atoms with Crippen LogP contribution in [-0.4, -0.2) is 4.90 Å². The number of hydrogen-bond donors (Lipinski definition) is 0. The molecule has 0 saturated carbocycles. The van der Waals surface area contributed by atoms with Crippen LogP contribution in [0.25, 0.3) is 0 Å². The summed E-state index contributed by atoms with van der Waals surface area (Å²) in [6, 6.07) is 0. The van der Waals surface area contributed by atoms with Gasteiger partial charge in [0.25, 0.3) is 0 Å². The van der Waals surface area contributed by atoms with Crippen LogP contribution < -0.4 is 0 Å². The summed E-state index contributed by atoms with van der Waals surface area (Å²) >= 11 is 0. The lowest BCUT2D eigenvalue weighted by Crippen LogP contribution is -2.16. The van der Waals surface area contributed by atoms with Crippen molar-refractivity contribution in [1.29, 1.82) is 0 Å². The molecule has 0 radical (unpaired) electrons. The van der Waals surface area contributed by atoms with Gasteiger partial charge in [0.05, 0.1) is 0 Å². The molecule has 1 aliphatic carbocycles. The monoisotopic (exact) mass is 213 g/mol. The SMILES string of the molecule is CC1=CC=C(N2C=CC(C)(C)C=C2)C=CC1. The van der Waals surface area contributed by atoms with Crippen LogP contribution >= 0.6 is 0 Å². The van der Waals surface area contributed by atoms with Crippen molar-refractivity contribution < 1.29 is 0 Å². The van der Waals surface area contributed by atoms with Crippen molar-refractivity contribution in [2.24, 2.45) is 5.41 Å². The Morgan fingerprint density at radius 3 is 2.50 bits per heavy atom. The predicted octanol–water partition coefficient (Wildman–Crippen LogP) is 4.15. The van der Waals surface area contributed by atoms with Crippen molar-refractivity contribution in [3.8, 4) is 0 Å². The summed E-state index contributed by atoms with van der Waals surface area (Å²) in [7, 11) is 0. The molecule has 0 unspecified atom stereocenters. The smallest absolute Gasteiger partial charge is 0.0445 e. The number of nitrogens with zero attached hydrogens (tertiary/aromatic N) is 1. The molecule has 1 heterocycles. The second-order valence-corrected chi connectivity index (χ2v) is 5.07. The summed E-state index contributed by atoms with van der Waals surface area (Å²) in [4.78, 5) is 2.16. The first-order chi connectivity index (χ1) is 7.57. The molecule has 84 valence electrons. The molecule has 2 rings (SSSR count). The maximum Gasteiger partial charge on any atom is 0.0445 e. The highest BCUT2D eigenvalue weighted by molar-refractivity contribution is 5.33. The van der Waals surface area contributed by atoms with Crippen molar-refractivity contribution in [1.82, 2.24) is 4.90 Å². The predicted molar refractivity (Wildman–Crippen MR) is 69.5 cm³/mol. The zero-order chi connectivity index (χ0) is 11.6. The van der Waals surface area contributed by atoms with E-state index in [2.05, 4.69) is 74.5 Å². The molecule has 0 bridgehead atoms. The Kier molecular flexibility index (Phi) is 2.86. The Morgan fingerprint density at radius 1 is 1.12 bits per heavy atom. The fourth-order valence-electron chi connectivity index (χ4n) is 1.71. The van der Waals surface area contributed by atoms with Crippen molar-refractivity contribution in [2.75, 3.05) is 0 Å². The van der Waals surface area contributed by atoms with E-state index in [0.29, 0.717) is 0 Å². The second-order valence-electron chi connectivity index (χ2n) is 5.07. The van der Waals surface area contributed by atoms with Gasteiger partial charge in [0.2, 0.25) is 0 Å². The first-order valence-electron chi connectivity index (χ1n) is 5.78. The fourth-order valence-corrected chi connectivity index (χ4v) is 1.71. The number of rotatable bonds is 1. The van der Waals surface area contributed by atoms with Crippen molar-refractivity contribution >= 4 is 0 Å². The molecule has 1 aliphatic heterocycles. The van der Waals surface area contributed by atoms with Crippen LogP contribution in [0.4, 0.5) is 0 Å². The van der Waals surface area contributed by atoms with Crippen LogP contribution in [0.1, 0.15) is 27.2 Å². The Labute approximate surface area is 98.1 Å². The van der Waals surface area contributed by atoms with E-state index >= 15 is 0 Å². The summed E-state index contributed by atoms with van der Waals surface area (Å²) in [6.45, 7) is 6.58. The molecule has 0 aromatic rings. The van der Waals surface area contributed by atoms with E-state index in [1.54, 1.807) is 0 Å². The number of hydrogen-bond acceptors (Lipinski definition) is 1. The minimum atomic E-state index is 0.178. The molecule has 0 atom stereocenters. The Bertz CT molecular complexity index is 401. The maximum atomic E-state index is 2.23.